The van der Waals surface area contributed by atoms with Crippen LogP contribution in [0.15, 0.2) is 24.5 Å². The number of hydrogen-bond donors (Lipinski definition) is 1. The largest absolute Gasteiger partial charge is 0.352 e. The van der Waals surface area contributed by atoms with Crippen LogP contribution in [-0.2, 0) is 16.1 Å². The Labute approximate surface area is 151 Å². The monoisotopic (exact) mass is 345 g/mol. The van der Waals surface area contributed by atoms with Crippen LogP contribution in [0.3, 0.4) is 0 Å². The Kier molecular flexibility index (Phi) is 6.57. The molecule has 1 aliphatic heterocycles. The molecule has 138 valence electrons. The Morgan fingerprint density at radius 2 is 2.08 bits per heavy atom. The highest BCUT2D eigenvalue weighted by atomic mass is 16.2. The van der Waals surface area contributed by atoms with Gasteiger partial charge in [0, 0.05) is 43.9 Å². The molecule has 0 aliphatic carbocycles. The van der Waals surface area contributed by atoms with Crippen molar-refractivity contribution in [3.05, 3.63) is 30.1 Å². The predicted octanol–water partition coefficient (Wildman–Crippen LogP) is 3.01. The van der Waals surface area contributed by atoms with Crippen LogP contribution in [-0.4, -0.2) is 34.8 Å². The van der Waals surface area contributed by atoms with Gasteiger partial charge in [-0.2, -0.15) is 0 Å². The first-order chi connectivity index (χ1) is 11.8. The van der Waals surface area contributed by atoms with E-state index in [0.717, 1.165) is 31.5 Å². The molecule has 2 atom stereocenters. The van der Waals surface area contributed by atoms with Gasteiger partial charge in [-0.05, 0) is 29.9 Å². The van der Waals surface area contributed by atoms with Gasteiger partial charge in [-0.3, -0.25) is 14.6 Å². The van der Waals surface area contributed by atoms with E-state index in [0.29, 0.717) is 24.8 Å². The topological polar surface area (TPSA) is 62.3 Å². The van der Waals surface area contributed by atoms with Crippen LogP contribution in [0, 0.1) is 17.3 Å². The van der Waals surface area contributed by atoms with Crippen LogP contribution in [0.2, 0.25) is 0 Å². The highest BCUT2D eigenvalue weighted by molar-refractivity contribution is 5.81. The molecule has 1 aliphatic rings. The molecule has 0 saturated carbocycles. The van der Waals surface area contributed by atoms with Crippen LogP contribution in [0.5, 0.6) is 0 Å². The van der Waals surface area contributed by atoms with Crippen molar-refractivity contribution < 1.29 is 9.59 Å². The number of carbonyl (C=O) groups is 2. The number of likely N-dealkylation sites (tertiary alicyclic amines) is 1. The molecule has 1 saturated heterocycles. The zero-order chi connectivity index (χ0) is 18.4. The number of amides is 2. The van der Waals surface area contributed by atoms with Crippen molar-refractivity contribution in [2.24, 2.45) is 17.3 Å². The van der Waals surface area contributed by atoms with Crippen LogP contribution < -0.4 is 5.32 Å². The van der Waals surface area contributed by atoms with E-state index in [1.807, 2.05) is 37.8 Å². The van der Waals surface area contributed by atoms with Gasteiger partial charge in [0.25, 0.3) is 0 Å². The van der Waals surface area contributed by atoms with Crippen LogP contribution in [0.1, 0.15) is 52.5 Å². The van der Waals surface area contributed by atoms with E-state index < -0.39 is 0 Å². The van der Waals surface area contributed by atoms with E-state index in [-0.39, 0.29) is 17.2 Å². The zero-order valence-electron chi connectivity index (χ0n) is 15.9. The molecule has 0 bridgehead atoms. The van der Waals surface area contributed by atoms with Crippen molar-refractivity contribution in [1.29, 1.82) is 0 Å². The second kappa shape index (κ2) is 8.45. The summed E-state index contributed by atoms with van der Waals surface area (Å²) in [5.74, 6) is 1.04. The van der Waals surface area contributed by atoms with Gasteiger partial charge in [0.05, 0.1) is 0 Å². The average molecular weight is 345 g/mol. The molecule has 5 heteroatoms. The Morgan fingerprint density at radius 1 is 1.32 bits per heavy atom. The fraction of sp³-hybridized carbons (Fsp3) is 0.650. The van der Waals surface area contributed by atoms with Crippen molar-refractivity contribution in [2.45, 2.75) is 53.5 Å². The summed E-state index contributed by atoms with van der Waals surface area (Å²) < 4.78 is 0. The third kappa shape index (κ3) is 5.55. The smallest absolute Gasteiger partial charge is 0.227 e. The van der Waals surface area contributed by atoms with Gasteiger partial charge in [-0.25, -0.2) is 0 Å². The molecule has 1 fully saturated rings. The van der Waals surface area contributed by atoms with E-state index in [2.05, 4.69) is 17.2 Å². The lowest BCUT2D eigenvalue weighted by atomic mass is 9.80. The molecule has 25 heavy (non-hydrogen) atoms. The van der Waals surface area contributed by atoms with E-state index in [1.165, 1.54) is 0 Å². The lowest BCUT2D eigenvalue weighted by molar-refractivity contribution is -0.142. The lowest BCUT2D eigenvalue weighted by Crippen LogP contribution is -2.48. The maximum atomic E-state index is 12.5. The summed E-state index contributed by atoms with van der Waals surface area (Å²) in [5, 5.41) is 2.99. The molecule has 0 aromatic carbocycles. The fourth-order valence-corrected chi connectivity index (χ4v) is 3.48. The molecule has 1 N–H and O–H groups in total. The van der Waals surface area contributed by atoms with Gasteiger partial charge in [-0.1, -0.05) is 40.2 Å². The quantitative estimate of drug-likeness (QED) is 0.892. The standard InChI is InChI=1S/C20H31N3O2/c1-5-16-14-23(19(25)20(2,3)4)10-8-17(16)11-18(24)22-13-15-7-6-9-21-12-15/h6-7,9,12,16-17H,5,8,10-11,13-14H2,1-4H3,(H,22,24)/t16-,17+/m1/s1. The summed E-state index contributed by atoms with van der Waals surface area (Å²) >= 11 is 0. The first kappa shape index (κ1) is 19.4. The second-order valence-corrected chi connectivity index (χ2v) is 8.06. The van der Waals surface area contributed by atoms with Crippen molar-refractivity contribution >= 4 is 11.8 Å². The molecule has 0 radical (unpaired) electrons. The highest BCUT2D eigenvalue weighted by Crippen LogP contribution is 2.31. The number of nitrogens with zero attached hydrogens (tertiary/aromatic N) is 2. The number of pyridine rings is 1. The lowest BCUT2D eigenvalue weighted by Gasteiger charge is -2.40. The number of hydrogen-bond acceptors (Lipinski definition) is 3. The maximum absolute atomic E-state index is 12.5. The molecule has 1 aromatic rings. The summed E-state index contributed by atoms with van der Waals surface area (Å²) in [6.07, 6.45) is 5.93. The van der Waals surface area contributed by atoms with E-state index in [9.17, 15) is 9.59 Å². The summed E-state index contributed by atoms with van der Waals surface area (Å²) in [7, 11) is 0. The number of nitrogens with one attached hydrogen (secondary N) is 1. The van der Waals surface area contributed by atoms with Crippen LogP contribution >= 0.6 is 0 Å². The third-order valence-electron chi connectivity index (χ3n) is 5.00. The van der Waals surface area contributed by atoms with Crippen molar-refractivity contribution in [3.63, 3.8) is 0 Å². The summed E-state index contributed by atoms with van der Waals surface area (Å²) in [5.41, 5.74) is 0.667. The van der Waals surface area contributed by atoms with Gasteiger partial charge in [0.2, 0.25) is 11.8 Å². The van der Waals surface area contributed by atoms with E-state index in [1.54, 1.807) is 12.4 Å². The number of aromatic nitrogens is 1. The molecular weight excluding hydrogens is 314 g/mol. The molecule has 2 rings (SSSR count). The van der Waals surface area contributed by atoms with Gasteiger partial charge in [-0.15, -0.1) is 0 Å². The SMILES string of the molecule is CC[C@@H]1CN(C(=O)C(C)(C)C)CC[C@H]1CC(=O)NCc1cccnc1. The predicted molar refractivity (Wildman–Crippen MR) is 98.6 cm³/mol. The normalized spacial score (nSPS) is 21.0. The summed E-state index contributed by atoms with van der Waals surface area (Å²) in [4.78, 5) is 30.9. The van der Waals surface area contributed by atoms with Crippen molar-refractivity contribution in [3.8, 4) is 0 Å². The summed E-state index contributed by atoms with van der Waals surface area (Å²) in [6, 6.07) is 3.83. The molecule has 0 spiro atoms. The summed E-state index contributed by atoms with van der Waals surface area (Å²) in [6.45, 7) is 10.1. The Morgan fingerprint density at radius 3 is 2.68 bits per heavy atom. The third-order valence-corrected chi connectivity index (χ3v) is 5.00. The fourth-order valence-electron chi connectivity index (χ4n) is 3.48. The number of carbonyl (C=O) groups excluding carboxylic acids is 2. The highest BCUT2D eigenvalue weighted by Gasteiger charge is 2.35. The van der Waals surface area contributed by atoms with Crippen molar-refractivity contribution in [2.75, 3.05) is 13.1 Å². The number of rotatable bonds is 5. The molecular formula is C20H31N3O2. The van der Waals surface area contributed by atoms with Crippen molar-refractivity contribution in [1.82, 2.24) is 15.2 Å². The first-order valence-corrected chi connectivity index (χ1v) is 9.26. The molecule has 0 unspecified atom stereocenters. The van der Waals surface area contributed by atoms with Gasteiger partial charge >= 0.3 is 0 Å². The van der Waals surface area contributed by atoms with Gasteiger partial charge < -0.3 is 10.2 Å². The molecule has 2 amide bonds. The Balaban J connectivity index is 1.86. The minimum Gasteiger partial charge on any atom is -0.352 e. The van der Waals surface area contributed by atoms with Gasteiger partial charge in [0.1, 0.15) is 0 Å². The number of piperidine rings is 1. The minimum atomic E-state index is -0.341. The Bertz CT molecular complexity index is 580. The Hall–Kier alpha value is -1.91. The van der Waals surface area contributed by atoms with E-state index in [4.69, 9.17) is 0 Å². The van der Waals surface area contributed by atoms with E-state index >= 15 is 0 Å². The zero-order valence-corrected chi connectivity index (χ0v) is 15.9. The molecule has 1 aromatic heterocycles. The minimum absolute atomic E-state index is 0.0860. The first-order valence-electron chi connectivity index (χ1n) is 9.26. The second-order valence-electron chi connectivity index (χ2n) is 8.06. The molecule has 2 heterocycles. The maximum Gasteiger partial charge on any atom is 0.227 e. The van der Waals surface area contributed by atoms with Crippen LogP contribution in [0.4, 0.5) is 0 Å². The average Bonchev–Trinajstić information content (AvgIpc) is 2.59. The van der Waals surface area contributed by atoms with Crippen LogP contribution in [0.25, 0.3) is 0 Å². The van der Waals surface area contributed by atoms with Gasteiger partial charge in [0.15, 0.2) is 0 Å². The molecule has 5 nitrogen and oxygen atoms in total.